The maximum absolute atomic E-state index is 12.7. The Bertz CT molecular complexity index is 667. The van der Waals surface area contributed by atoms with E-state index in [1.54, 1.807) is 19.5 Å². The zero-order valence-electron chi connectivity index (χ0n) is 14.6. The predicted molar refractivity (Wildman–Crippen MR) is 97.0 cm³/mol. The van der Waals surface area contributed by atoms with Gasteiger partial charge in [0.2, 0.25) is 0 Å². The Morgan fingerprint density at radius 1 is 1.17 bits per heavy atom. The molecule has 2 rings (SSSR count). The van der Waals surface area contributed by atoms with E-state index in [1.807, 2.05) is 35.2 Å². The fourth-order valence-corrected chi connectivity index (χ4v) is 2.57. The van der Waals surface area contributed by atoms with Gasteiger partial charge < -0.3 is 15.0 Å². The number of hydrogen-bond acceptors (Lipinski definition) is 4. The van der Waals surface area contributed by atoms with Gasteiger partial charge in [-0.15, -0.1) is 0 Å². The van der Waals surface area contributed by atoms with E-state index in [0.29, 0.717) is 5.56 Å². The molecule has 0 unspecified atom stereocenters. The topological polar surface area (TPSA) is 54.5 Å². The van der Waals surface area contributed by atoms with E-state index in [0.717, 1.165) is 43.1 Å². The normalized spacial score (nSPS) is 10.3. The number of pyridine rings is 1. The molecule has 1 N–H and O–H groups in total. The molecule has 24 heavy (non-hydrogen) atoms. The highest BCUT2D eigenvalue weighted by molar-refractivity contribution is 5.95. The Hall–Kier alpha value is -2.56. The summed E-state index contributed by atoms with van der Waals surface area (Å²) in [6.45, 7) is 5.68. The third kappa shape index (κ3) is 4.47. The SMILES string of the molecule is CCCN(CCC)C(=O)c1cncc(Nc2ccccc2OC)c1. The van der Waals surface area contributed by atoms with Crippen molar-refractivity contribution >= 4 is 17.3 Å². The second-order valence-electron chi connectivity index (χ2n) is 5.58. The van der Waals surface area contributed by atoms with Crippen LogP contribution >= 0.6 is 0 Å². The van der Waals surface area contributed by atoms with E-state index in [4.69, 9.17) is 4.74 Å². The molecule has 0 aliphatic carbocycles. The molecule has 0 fully saturated rings. The number of ether oxygens (including phenoxy) is 1. The summed E-state index contributed by atoms with van der Waals surface area (Å²) in [6, 6.07) is 9.48. The van der Waals surface area contributed by atoms with E-state index in [9.17, 15) is 4.79 Å². The van der Waals surface area contributed by atoms with Crippen molar-refractivity contribution in [2.75, 3.05) is 25.5 Å². The van der Waals surface area contributed by atoms with Gasteiger partial charge in [0.25, 0.3) is 5.91 Å². The standard InChI is InChI=1S/C19H25N3O2/c1-4-10-22(11-5-2)19(23)15-12-16(14-20-13-15)21-17-8-6-7-9-18(17)24-3/h6-9,12-14,21H,4-5,10-11H2,1-3H3. The van der Waals surface area contributed by atoms with Crippen molar-refractivity contribution in [2.24, 2.45) is 0 Å². The van der Waals surface area contributed by atoms with Crippen LogP contribution in [0.3, 0.4) is 0 Å². The average molecular weight is 327 g/mol. The second-order valence-corrected chi connectivity index (χ2v) is 5.58. The lowest BCUT2D eigenvalue weighted by Gasteiger charge is -2.21. The molecule has 5 heteroatoms. The van der Waals surface area contributed by atoms with Crippen LogP contribution in [0, 0.1) is 0 Å². The van der Waals surface area contributed by atoms with Gasteiger partial charge in [0.1, 0.15) is 5.75 Å². The molecule has 0 saturated carbocycles. The van der Waals surface area contributed by atoms with Crippen molar-refractivity contribution in [3.8, 4) is 5.75 Å². The van der Waals surface area contributed by atoms with Gasteiger partial charge in [-0.3, -0.25) is 9.78 Å². The summed E-state index contributed by atoms with van der Waals surface area (Å²) in [4.78, 5) is 18.8. The minimum Gasteiger partial charge on any atom is -0.495 e. The van der Waals surface area contributed by atoms with Crippen LogP contribution in [0.25, 0.3) is 0 Å². The quantitative estimate of drug-likeness (QED) is 0.793. The first kappa shape index (κ1) is 17.8. The molecule has 0 atom stereocenters. The molecule has 1 amide bonds. The number of benzene rings is 1. The molecule has 0 aliphatic heterocycles. The molecular weight excluding hydrogens is 302 g/mol. The van der Waals surface area contributed by atoms with Crippen LogP contribution in [0.2, 0.25) is 0 Å². The van der Waals surface area contributed by atoms with Gasteiger partial charge >= 0.3 is 0 Å². The monoisotopic (exact) mass is 327 g/mol. The van der Waals surface area contributed by atoms with Crippen LogP contribution in [0.5, 0.6) is 5.75 Å². The number of anilines is 2. The molecule has 128 valence electrons. The summed E-state index contributed by atoms with van der Waals surface area (Å²) in [5.41, 5.74) is 2.19. The van der Waals surface area contributed by atoms with Crippen molar-refractivity contribution in [3.63, 3.8) is 0 Å². The van der Waals surface area contributed by atoms with Gasteiger partial charge in [-0.1, -0.05) is 26.0 Å². The minimum absolute atomic E-state index is 0.0230. The van der Waals surface area contributed by atoms with Crippen LogP contribution in [0.4, 0.5) is 11.4 Å². The third-order valence-electron chi connectivity index (χ3n) is 3.65. The Kier molecular flexibility index (Phi) is 6.61. The molecule has 1 heterocycles. The Morgan fingerprint density at radius 2 is 1.88 bits per heavy atom. The van der Waals surface area contributed by atoms with Gasteiger partial charge in [-0.2, -0.15) is 0 Å². The van der Waals surface area contributed by atoms with Crippen molar-refractivity contribution in [1.29, 1.82) is 0 Å². The molecule has 0 spiro atoms. The summed E-state index contributed by atoms with van der Waals surface area (Å²) < 4.78 is 5.34. The summed E-state index contributed by atoms with van der Waals surface area (Å²) >= 11 is 0. The van der Waals surface area contributed by atoms with Crippen LogP contribution in [0.1, 0.15) is 37.0 Å². The van der Waals surface area contributed by atoms with Gasteiger partial charge in [-0.05, 0) is 31.0 Å². The smallest absolute Gasteiger partial charge is 0.255 e. The first-order valence-electron chi connectivity index (χ1n) is 8.34. The fourth-order valence-electron chi connectivity index (χ4n) is 2.57. The lowest BCUT2D eigenvalue weighted by molar-refractivity contribution is 0.0755. The van der Waals surface area contributed by atoms with E-state index in [2.05, 4.69) is 24.1 Å². The van der Waals surface area contributed by atoms with Gasteiger partial charge in [-0.25, -0.2) is 0 Å². The summed E-state index contributed by atoms with van der Waals surface area (Å²) in [7, 11) is 1.63. The molecule has 1 aromatic heterocycles. The highest BCUT2D eigenvalue weighted by Crippen LogP contribution is 2.27. The van der Waals surface area contributed by atoms with Crippen LogP contribution in [0.15, 0.2) is 42.7 Å². The molecular formula is C19H25N3O2. The number of carbonyl (C=O) groups is 1. The van der Waals surface area contributed by atoms with Crippen molar-refractivity contribution < 1.29 is 9.53 Å². The molecule has 2 aromatic rings. The highest BCUT2D eigenvalue weighted by Gasteiger charge is 2.15. The van der Waals surface area contributed by atoms with Crippen LogP contribution < -0.4 is 10.1 Å². The predicted octanol–water partition coefficient (Wildman–Crippen LogP) is 4.10. The maximum atomic E-state index is 12.7. The first-order valence-corrected chi connectivity index (χ1v) is 8.34. The lowest BCUT2D eigenvalue weighted by atomic mass is 10.2. The number of para-hydroxylation sites is 2. The number of aromatic nitrogens is 1. The molecule has 0 radical (unpaired) electrons. The van der Waals surface area contributed by atoms with Crippen LogP contribution in [-0.4, -0.2) is 36.0 Å². The number of rotatable bonds is 8. The average Bonchev–Trinajstić information content (AvgIpc) is 2.61. The summed E-state index contributed by atoms with van der Waals surface area (Å²) in [5.74, 6) is 0.766. The second kappa shape index (κ2) is 8.91. The van der Waals surface area contributed by atoms with Crippen molar-refractivity contribution in [3.05, 3.63) is 48.3 Å². The minimum atomic E-state index is 0.0230. The van der Waals surface area contributed by atoms with Crippen molar-refractivity contribution in [1.82, 2.24) is 9.88 Å². The highest BCUT2D eigenvalue weighted by atomic mass is 16.5. The fraction of sp³-hybridized carbons (Fsp3) is 0.368. The van der Waals surface area contributed by atoms with Crippen LogP contribution in [-0.2, 0) is 0 Å². The van der Waals surface area contributed by atoms with Gasteiger partial charge in [0, 0.05) is 19.3 Å². The number of methoxy groups -OCH3 is 1. The number of amides is 1. The van der Waals surface area contributed by atoms with E-state index < -0.39 is 0 Å². The Balaban J connectivity index is 2.20. The molecule has 0 bridgehead atoms. The van der Waals surface area contributed by atoms with E-state index in [1.165, 1.54) is 0 Å². The number of carbonyl (C=O) groups excluding carboxylic acids is 1. The number of hydrogen-bond donors (Lipinski definition) is 1. The summed E-state index contributed by atoms with van der Waals surface area (Å²) in [5, 5.41) is 3.26. The maximum Gasteiger partial charge on any atom is 0.255 e. The zero-order valence-corrected chi connectivity index (χ0v) is 14.6. The van der Waals surface area contributed by atoms with Gasteiger partial charge in [0.05, 0.1) is 30.2 Å². The Labute approximate surface area is 143 Å². The number of nitrogens with one attached hydrogen (secondary N) is 1. The summed E-state index contributed by atoms with van der Waals surface area (Å²) in [6.07, 6.45) is 5.21. The lowest BCUT2D eigenvalue weighted by Crippen LogP contribution is -2.32. The Morgan fingerprint density at radius 3 is 2.54 bits per heavy atom. The van der Waals surface area contributed by atoms with Crippen molar-refractivity contribution in [2.45, 2.75) is 26.7 Å². The van der Waals surface area contributed by atoms with E-state index in [-0.39, 0.29) is 5.91 Å². The molecule has 5 nitrogen and oxygen atoms in total. The molecule has 1 aromatic carbocycles. The zero-order chi connectivity index (χ0) is 17.4. The first-order chi connectivity index (χ1) is 11.7. The molecule has 0 aliphatic rings. The van der Waals surface area contributed by atoms with E-state index >= 15 is 0 Å². The number of nitrogens with zero attached hydrogens (tertiary/aromatic N) is 2. The van der Waals surface area contributed by atoms with Gasteiger partial charge in [0.15, 0.2) is 0 Å². The largest absolute Gasteiger partial charge is 0.495 e. The molecule has 0 saturated heterocycles. The third-order valence-corrected chi connectivity index (χ3v) is 3.65.